The molecule has 1 aliphatic heterocycles. The van der Waals surface area contributed by atoms with Gasteiger partial charge in [-0.05, 0) is 17.7 Å². The summed E-state index contributed by atoms with van der Waals surface area (Å²) in [7, 11) is 0. The standard InChI is InChI=1S/C10H10O2/c1-2-8-4-3-5-9(6-8)12-10-7-11-10/h2-6,10H,1,7H2. The van der Waals surface area contributed by atoms with Gasteiger partial charge in [-0.2, -0.15) is 0 Å². The number of hydrogen-bond donors (Lipinski definition) is 0. The third-order valence-electron chi connectivity index (χ3n) is 1.66. The maximum Gasteiger partial charge on any atom is 0.223 e. The first-order valence-corrected chi connectivity index (χ1v) is 3.89. The molecule has 1 aromatic carbocycles. The molecule has 12 heavy (non-hydrogen) atoms. The van der Waals surface area contributed by atoms with Crippen molar-refractivity contribution in [1.82, 2.24) is 0 Å². The molecule has 1 atom stereocenters. The average Bonchev–Trinajstić information content (AvgIpc) is 2.89. The smallest absolute Gasteiger partial charge is 0.223 e. The van der Waals surface area contributed by atoms with E-state index >= 15 is 0 Å². The summed E-state index contributed by atoms with van der Waals surface area (Å²) in [5, 5.41) is 0. The largest absolute Gasteiger partial charge is 0.462 e. The zero-order valence-corrected chi connectivity index (χ0v) is 6.69. The molecule has 0 radical (unpaired) electrons. The van der Waals surface area contributed by atoms with Crippen LogP contribution in [0, 0.1) is 0 Å². The fourth-order valence-electron chi connectivity index (χ4n) is 0.974. The molecule has 1 saturated heterocycles. The highest BCUT2D eigenvalue weighted by atomic mass is 16.8. The van der Waals surface area contributed by atoms with Crippen LogP contribution in [-0.2, 0) is 4.74 Å². The summed E-state index contributed by atoms with van der Waals surface area (Å²) in [6.07, 6.45) is 1.77. The zero-order chi connectivity index (χ0) is 8.39. The molecule has 0 aliphatic carbocycles. The van der Waals surface area contributed by atoms with Crippen LogP contribution in [0.2, 0.25) is 0 Å². The van der Waals surface area contributed by atoms with Crippen molar-refractivity contribution in [3.05, 3.63) is 36.4 Å². The van der Waals surface area contributed by atoms with E-state index in [1.807, 2.05) is 24.3 Å². The molecular weight excluding hydrogens is 152 g/mol. The molecule has 0 amide bonds. The topological polar surface area (TPSA) is 21.8 Å². The van der Waals surface area contributed by atoms with E-state index in [4.69, 9.17) is 9.47 Å². The van der Waals surface area contributed by atoms with Crippen LogP contribution in [0.5, 0.6) is 5.75 Å². The Morgan fingerprint density at radius 1 is 1.58 bits per heavy atom. The lowest BCUT2D eigenvalue weighted by Crippen LogP contribution is -1.97. The molecule has 1 fully saturated rings. The van der Waals surface area contributed by atoms with Gasteiger partial charge in [0.05, 0.1) is 0 Å². The van der Waals surface area contributed by atoms with E-state index in [1.54, 1.807) is 6.08 Å². The predicted molar refractivity (Wildman–Crippen MR) is 46.9 cm³/mol. The molecule has 0 N–H and O–H groups in total. The molecule has 0 aromatic heterocycles. The van der Waals surface area contributed by atoms with Crippen molar-refractivity contribution < 1.29 is 9.47 Å². The van der Waals surface area contributed by atoms with Gasteiger partial charge in [0.25, 0.3) is 0 Å². The van der Waals surface area contributed by atoms with Crippen LogP contribution in [0.3, 0.4) is 0 Å². The highest BCUT2D eigenvalue weighted by Gasteiger charge is 2.24. The van der Waals surface area contributed by atoms with Crippen molar-refractivity contribution in [2.75, 3.05) is 6.61 Å². The summed E-state index contributed by atoms with van der Waals surface area (Å²) >= 11 is 0. The van der Waals surface area contributed by atoms with E-state index in [1.165, 1.54) is 0 Å². The summed E-state index contributed by atoms with van der Waals surface area (Å²) in [4.78, 5) is 0. The minimum absolute atomic E-state index is 0.0231. The second-order valence-electron chi connectivity index (χ2n) is 2.66. The minimum atomic E-state index is -0.0231. The van der Waals surface area contributed by atoms with E-state index in [2.05, 4.69) is 6.58 Å². The minimum Gasteiger partial charge on any atom is -0.462 e. The Morgan fingerprint density at radius 3 is 3.08 bits per heavy atom. The number of benzene rings is 1. The van der Waals surface area contributed by atoms with Crippen molar-refractivity contribution in [3.8, 4) is 5.75 Å². The summed E-state index contributed by atoms with van der Waals surface area (Å²) < 4.78 is 10.3. The van der Waals surface area contributed by atoms with Crippen molar-refractivity contribution in [3.63, 3.8) is 0 Å². The molecule has 2 nitrogen and oxygen atoms in total. The number of ether oxygens (including phenoxy) is 2. The van der Waals surface area contributed by atoms with Crippen LogP contribution in [0.25, 0.3) is 6.08 Å². The summed E-state index contributed by atoms with van der Waals surface area (Å²) in [6, 6.07) is 7.77. The van der Waals surface area contributed by atoms with E-state index in [9.17, 15) is 0 Å². The average molecular weight is 162 g/mol. The van der Waals surface area contributed by atoms with Gasteiger partial charge < -0.3 is 9.47 Å². The first kappa shape index (κ1) is 7.37. The highest BCUT2D eigenvalue weighted by molar-refractivity contribution is 5.49. The van der Waals surface area contributed by atoms with E-state index in [-0.39, 0.29) is 6.29 Å². The Bertz CT molecular complexity index is 290. The van der Waals surface area contributed by atoms with Gasteiger partial charge in [-0.25, -0.2) is 0 Å². The first-order valence-electron chi connectivity index (χ1n) is 3.89. The fourth-order valence-corrected chi connectivity index (χ4v) is 0.974. The molecular formula is C10H10O2. The van der Waals surface area contributed by atoms with E-state index in [0.717, 1.165) is 11.3 Å². The van der Waals surface area contributed by atoms with Gasteiger partial charge in [0, 0.05) is 0 Å². The monoisotopic (exact) mass is 162 g/mol. The lowest BCUT2D eigenvalue weighted by Gasteiger charge is -2.01. The van der Waals surface area contributed by atoms with Gasteiger partial charge in [-0.3, -0.25) is 0 Å². The quantitative estimate of drug-likeness (QED) is 0.634. The molecule has 1 aromatic rings. The Hall–Kier alpha value is -1.28. The zero-order valence-electron chi connectivity index (χ0n) is 6.69. The SMILES string of the molecule is C=Cc1cccc(OC2CO2)c1. The summed E-state index contributed by atoms with van der Waals surface area (Å²) in [5.74, 6) is 0.842. The Kier molecular flexibility index (Phi) is 1.84. The second-order valence-corrected chi connectivity index (χ2v) is 2.66. The van der Waals surface area contributed by atoms with Crippen molar-refractivity contribution in [2.24, 2.45) is 0 Å². The van der Waals surface area contributed by atoms with Crippen LogP contribution in [0.1, 0.15) is 5.56 Å². The van der Waals surface area contributed by atoms with Crippen LogP contribution in [0.4, 0.5) is 0 Å². The predicted octanol–water partition coefficient (Wildman–Crippen LogP) is 2.06. The summed E-state index contributed by atoms with van der Waals surface area (Å²) in [5.41, 5.74) is 1.06. The number of rotatable bonds is 3. The second kappa shape index (κ2) is 2.99. The first-order chi connectivity index (χ1) is 5.88. The molecule has 1 unspecified atom stereocenters. The summed E-state index contributed by atoms with van der Waals surface area (Å²) in [6.45, 7) is 4.39. The lowest BCUT2D eigenvalue weighted by molar-refractivity contribution is 0.179. The molecule has 1 heterocycles. The maximum absolute atomic E-state index is 5.40. The van der Waals surface area contributed by atoms with Gasteiger partial charge in [0.2, 0.25) is 6.29 Å². The van der Waals surface area contributed by atoms with Crippen molar-refractivity contribution in [2.45, 2.75) is 6.29 Å². The molecule has 0 bridgehead atoms. The molecule has 0 spiro atoms. The molecule has 2 rings (SSSR count). The maximum atomic E-state index is 5.40. The third kappa shape index (κ3) is 1.66. The van der Waals surface area contributed by atoms with Crippen LogP contribution in [-0.4, -0.2) is 12.9 Å². The lowest BCUT2D eigenvalue weighted by atomic mass is 10.2. The Balaban J connectivity index is 2.13. The van der Waals surface area contributed by atoms with Crippen LogP contribution < -0.4 is 4.74 Å². The van der Waals surface area contributed by atoms with Gasteiger partial charge >= 0.3 is 0 Å². The van der Waals surface area contributed by atoms with Crippen molar-refractivity contribution in [1.29, 1.82) is 0 Å². The number of epoxide rings is 1. The van der Waals surface area contributed by atoms with Gasteiger partial charge in [-0.15, -0.1) is 0 Å². The molecule has 62 valence electrons. The molecule has 1 aliphatic rings. The van der Waals surface area contributed by atoms with Crippen LogP contribution >= 0.6 is 0 Å². The molecule has 0 saturated carbocycles. The van der Waals surface area contributed by atoms with Gasteiger partial charge in [0.15, 0.2) is 0 Å². The van der Waals surface area contributed by atoms with E-state index < -0.39 is 0 Å². The normalized spacial score (nSPS) is 20.2. The van der Waals surface area contributed by atoms with E-state index in [0.29, 0.717) is 6.61 Å². The van der Waals surface area contributed by atoms with Crippen LogP contribution in [0.15, 0.2) is 30.8 Å². The third-order valence-corrected chi connectivity index (χ3v) is 1.66. The Labute approximate surface area is 71.4 Å². The fraction of sp³-hybridized carbons (Fsp3) is 0.200. The van der Waals surface area contributed by atoms with Gasteiger partial charge in [-0.1, -0.05) is 24.8 Å². The van der Waals surface area contributed by atoms with Gasteiger partial charge in [0.1, 0.15) is 12.4 Å². The highest BCUT2D eigenvalue weighted by Crippen LogP contribution is 2.20. The molecule has 2 heteroatoms. The Morgan fingerprint density at radius 2 is 2.42 bits per heavy atom. The van der Waals surface area contributed by atoms with Crippen molar-refractivity contribution >= 4 is 6.08 Å². The number of hydrogen-bond acceptors (Lipinski definition) is 2.